The molecular formula is C27H35Cl2FN2O3. The Hall–Kier alpha value is -1.86. The van der Waals surface area contributed by atoms with Gasteiger partial charge < -0.3 is 15.2 Å². The maximum absolute atomic E-state index is 15.6. The molecule has 1 aliphatic heterocycles. The van der Waals surface area contributed by atoms with Gasteiger partial charge in [0.25, 0.3) is 0 Å². The van der Waals surface area contributed by atoms with Crippen LogP contribution in [0.4, 0.5) is 4.39 Å². The number of benzene rings is 2. The molecule has 4 atom stereocenters. The van der Waals surface area contributed by atoms with Crippen LogP contribution in [-0.2, 0) is 15.1 Å². The molecule has 3 N–H and O–H groups in total. The van der Waals surface area contributed by atoms with Crippen molar-refractivity contribution in [3.05, 3.63) is 63.4 Å². The summed E-state index contributed by atoms with van der Waals surface area (Å²) in [4.78, 5) is 13.5. The number of rotatable bonds is 5. The van der Waals surface area contributed by atoms with E-state index in [4.69, 9.17) is 38.4 Å². The van der Waals surface area contributed by atoms with Gasteiger partial charge in [0.1, 0.15) is 23.2 Å². The van der Waals surface area contributed by atoms with Crippen molar-refractivity contribution in [1.29, 1.82) is 0 Å². The number of nitrogens with two attached hydrogens (primary N) is 1. The highest BCUT2D eigenvalue weighted by Crippen LogP contribution is 2.51. The minimum absolute atomic E-state index is 0.0462. The highest BCUT2D eigenvalue weighted by atomic mass is 35.5. The molecule has 8 heteroatoms. The third-order valence-corrected chi connectivity index (χ3v) is 6.76. The molecular weight excluding hydrogens is 490 g/mol. The van der Waals surface area contributed by atoms with E-state index >= 15 is 4.39 Å². The van der Waals surface area contributed by atoms with E-state index in [0.29, 0.717) is 22.8 Å². The summed E-state index contributed by atoms with van der Waals surface area (Å²) in [6.45, 7) is 11.6. The molecule has 1 fully saturated rings. The molecule has 2 aromatic rings. The van der Waals surface area contributed by atoms with Gasteiger partial charge in [-0.1, -0.05) is 62.2 Å². The average molecular weight is 525 g/mol. The zero-order valence-corrected chi connectivity index (χ0v) is 22.9. The summed E-state index contributed by atoms with van der Waals surface area (Å²) in [5.41, 5.74) is 6.01. The number of nitrogens with one attached hydrogen (secondary N) is 1. The summed E-state index contributed by atoms with van der Waals surface area (Å²) in [6, 6.07) is 8.56. The SMILES string of the molecule is COc1cc(Cl)ccc1C1(N)[C@H](CC(C)(C)C)N[C@H](C(=O)OC(C)(C)C)[C@@H]1c1cccc(Cl)c1F. The van der Waals surface area contributed by atoms with Crippen molar-refractivity contribution in [1.82, 2.24) is 5.32 Å². The van der Waals surface area contributed by atoms with Crippen LogP contribution >= 0.6 is 23.2 Å². The van der Waals surface area contributed by atoms with Crippen LogP contribution in [0.2, 0.25) is 10.0 Å². The van der Waals surface area contributed by atoms with E-state index in [1.54, 1.807) is 51.1 Å². The Labute approximate surface area is 217 Å². The summed E-state index contributed by atoms with van der Waals surface area (Å²) >= 11 is 12.4. The molecule has 0 saturated carbocycles. The van der Waals surface area contributed by atoms with Crippen LogP contribution in [-0.4, -0.2) is 30.8 Å². The van der Waals surface area contributed by atoms with Gasteiger partial charge in [-0.3, -0.25) is 10.1 Å². The predicted molar refractivity (Wildman–Crippen MR) is 139 cm³/mol. The number of esters is 1. The highest BCUT2D eigenvalue weighted by Gasteiger charge is 2.59. The Morgan fingerprint density at radius 1 is 1.14 bits per heavy atom. The molecule has 0 spiro atoms. The minimum atomic E-state index is -1.27. The van der Waals surface area contributed by atoms with Crippen molar-refractivity contribution >= 4 is 29.2 Å². The summed E-state index contributed by atoms with van der Waals surface area (Å²) in [5.74, 6) is -1.52. The van der Waals surface area contributed by atoms with Gasteiger partial charge in [-0.05, 0) is 56.4 Å². The smallest absolute Gasteiger partial charge is 0.324 e. The molecule has 5 nitrogen and oxygen atoms in total. The van der Waals surface area contributed by atoms with Gasteiger partial charge in [-0.2, -0.15) is 0 Å². The lowest BCUT2D eigenvalue weighted by atomic mass is 9.68. The molecule has 3 rings (SSSR count). The van der Waals surface area contributed by atoms with Gasteiger partial charge in [0.05, 0.1) is 17.7 Å². The summed E-state index contributed by atoms with van der Waals surface area (Å²) < 4.78 is 27.0. The number of hydrogen-bond acceptors (Lipinski definition) is 5. The number of ether oxygens (including phenoxy) is 2. The van der Waals surface area contributed by atoms with E-state index in [1.165, 1.54) is 13.2 Å². The Morgan fingerprint density at radius 3 is 2.37 bits per heavy atom. The van der Waals surface area contributed by atoms with Crippen LogP contribution in [0.3, 0.4) is 0 Å². The van der Waals surface area contributed by atoms with Crippen molar-refractivity contribution in [2.45, 2.75) is 77.1 Å². The van der Waals surface area contributed by atoms with E-state index in [9.17, 15) is 4.79 Å². The first-order valence-corrected chi connectivity index (χ1v) is 12.4. The molecule has 0 amide bonds. The largest absolute Gasteiger partial charge is 0.496 e. The monoisotopic (exact) mass is 524 g/mol. The maximum atomic E-state index is 15.6. The van der Waals surface area contributed by atoms with Gasteiger partial charge in [0.2, 0.25) is 0 Å². The van der Waals surface area contributed by atoms with Crippen LogP contribution in [0.5, 0.6) is 5.75 Å². The highest BCUT2D eigenvalue weighted by molar-refractivity contribution is 6.31. The molecule has 0 bridgehead atoms. The lowest BCUT2D eigenvalue weighted by Crippen LogP contribution is -2.52. The second-order valence-electron chi connectivity index (χ2n) is 11.4. The first kappa shape index (κ1) is 27.7. The fourth-order valence-corrected chi connectivity index (χ4v) is 5.27. The van der Waals surface area contributed by atoms with Crippen molar-refractivity contribution in [2.75, 3.05) is 7.11 Å². The molecule has 0 radical (unpaired) electrons. The molecule has 35 heavy (non-hydrogen) atoms. The van der Waals surface area contributed by atoms with Crippen molar-refractivity contribution in [2.24, 2.45) is 11.1 Å². The van der Waals surface area contributed by atoms with Crippen molar-refractivity contribution in [3.63, 3.8) is 0 Å². The maximum Gasteiger partial charge on any atom is 0.324 e. The topological polar surface area (TPSA) is 73.6 Å². The number of hydrogen-bond donors (Lipinski definition) is 2. The minimum Gasteiger partial charge on any atom is -0.496 e. The molecule has 1 unspecified atom stereocenters. The van der Waals surface area contributed by atoms with E-state index in [0.717, 1.165) is 0 Å². The predicted octanol–water partition coefficient (Wildman–Crippen LogP) is 6.20. The second kappa shape index (κ2) is 9.89. The number of halogens is 3. The molecule has 0 aromatic heterocycles. The lowest BCUT2D eigenvalue weighted by Gasteiger charge is -2.40. The van der Waals surface area contributed by atoms with E-state index in [2.05, 4.69) is 26.1 Å². The van der Waals surface area contributed by atoms with E-state index in [-0.39, 0.29) is 16.0 Å². The second-order valence-corrected chi connectivity index (χ2v) is 12.2. The van der Waals surface area contributed by atoms with Crippen LogP contribution < -0.4 is 15.8 Å². The molecule has 1 aliphatic rings. The molecule has 1 saturated heterocycles. The van der Waals surface area contributed by atoms with Crippen LogP contribution in [0, 0.1) is 11.2 Å². The van der Waals surface area contributed by atoms with Crippen LogP contribution in [0.25, 0.3) is 0 Å². The molecule has 192 valence electrons. The average Bonchev–Trinajstić information content (AvgIpc) is 3.00. The van der Waals surface area contributed by atoms with Gasteiger partial charge in [0.15, 0.2) is 0 Å². The van der Waals surface area contributed by atoms with Crippen molar-refractivity contribution in [3.8, 4) is 5.75 Å². The van der Waals surface area contributed by atoms with Crippen LogP contribution in [0.15, 0.2) is 36.4 Å². The first-order chi connectivity index (χ1) is 16.1. The molecule has 0 aliphatic carbocycles. The van der Waals surface area contributed by atoms with Crippen LogP contribution in [0.1, 0.15) is 65.0 Å². The fourth-order valence-electron chi connectivity index (χ4n) is 4.93. The third-order valence-electron chi connectivity index (χ3n) is 6.23. The summed E-state index contributed by atoms with van der Waals surface area (Å²) in [7, 11) is 1.53. The summed E-state index contributed by atoms with van der Waals surface area (Å²) in [6.07, 6.45) is 0.591. The van der Waals surface area contributed by atoms with E-state index in [1.807, 2.05) is 0 Å². The number of methoxy groups -OCH3 is 1. The Morgan fingerprint density at radius 2 is 1.80 bits per heavy atom. The fraction of sp³-hybridized carbons (Fsp3) is 0.519. The molecule has 2 aromatic carbocycles. The Kier molecular flexibility index (Phi) is 7.83. The lowest BCUT2D eigenvalue weighted by molar-refractivity contribution is -0.157. The first-order valence-electron chi connectivity index (χ1n) is 11.6. The summed E-state index contributed by atoms with van der Waals surface area (Å²) in [5, 5.41) is 3.85. The van der Waals surface area contributed by atoms with Gasteiger partial charge >= 0.3 is 5.97 Å². The Balaban J connectivity index is 2.32. The quantitative estimate of drug-likeness (QED) is 0.455. The van der Waals surface area contributed by atoms with Gasteiger partial charge in [-0.15, -0.1) is 0 Å². The normalized spacial score (nSPS) is 24.9. The zero-order chi connectivity index (χ0) is 26.3. The van der Waals surface area contributed by atoms with E-state index < -0.39 is 40.9 Å². The molecule has 1 heterocycles. The zero-order valence-electron chi connectivity index (χ0n) is 21.3. The number of carbonyl (C=O) groups excluding carboxylic acids is 1. The Bertz CT molecular complexity index is 1100. The van der Waals surface area contributed by atoms with Gasteiger partial charge in [-0.25, -0.2) is 4.39 Å². The third kappa shape index (κ3) is 5.77. The van der Waals surface area contributed by atoms with Gasteiger partial charge in [0, 0.05) is 22.5 Å². The number of carbonyl (C=O) groups is 1. The standard InChI is InChI=1S/C27H35Cl2FN2O3/c1-25(2,3)14-20-27(31,17-12-11-15(28)13-19(17)34-7)21(16-9-8-10-18(29)22(16)30)23(32-20)24(33)35-26(4,5)6/h8-13,20-21,23,32H,14,31H2,1-7H3/t20-,21-,23-,27?/m0/s1. The van der Waals surface area contributed by atoms with Crippen molar-refractivity contribution < 1.29 is 18.7 Å².